The van der Waals surface area contributed by atoms with Gasteiger partial charge in [0.05, 0.1) is 15.5 Å². The fraction of sp³-hybridized carbons (Fsp3) is 0.355. The van der Waals surface area contributed by atoms with Crippen LogP contribution in [0.1, 0.15) is 47.2 Å². The molecule has 7 heteroatoms. The summed E-state index contributed by atoms with van der Waals surface area (Å²) in [5, 5.41) is 18.4. The van der Waals surface area contributed by atoms with E-state index < -0.39 is 22.7 Å². The molecule has 3 aromatic carbocycles. The zero-order valence-electron chi connectivity index (χ0n) is 21.1. The number of hydrogen-bond donors (Lipinski definition) is 3. The zero-order valence-corrected chi connectivity index (χ0v) is 22.6. The second-order valence-electron chi connectivity index (χ2n) is 10.6. The molecule has 198 valence electrons. The highest BCUT2D eigenvalue weighted by atomic mass is 35.5. The number of hydrogen-bond acceptors (Lipinski definition) is 4. The molecule has 0 saturated carbocycles. The van der Waals surface area contributed by atoms with Gasteiger partial charge in [0.2, 0.25) is 0 Å². The van der Waals surface area contributed by atoms with Crippen molar-refractivity contribution in [1.82, 2.24) is 10.6 Å². The summed E-state index contributed by atoms with van der Waals surface area (Å²) >= 11 is 12.7. The number of carboxylic acid groups (broad SMARTS) is 1. The SMILES string of the molecule is O=C(c1ccccc1)C(CC1CC(C(=O)O)(c2ccccc2)CCN1)C1(c2ccc(Cl)c(Cl)c2)CCNC1. The third kappa shape index (κ3) is 5.01. The molecule has 2 aliphatic heterocycles. The van der Waals surface area contributed by atoms with Crippen LogP contribution in [0.3, 0.4) is 0 Å². The van der Waals surface area contributed by atoms with E-state index in [0.717, 1.165) is 24.1 Å². The lowest BCUT2D eigenvalue weighted by Crippen LogP contribution is -2.53. The van der Waals surface area contributed by atoms with Crippen molar-refractivity contribution < 1.29 is 14.7 Å². The second kappa shape index (κ2) is 11.2. The first-order valence-electron chi connectivity index (χ1n) is 13.1. The summed E-state index contributed by atoms with van der Waals surface area (Å²) in [4.78, 5) is 27.0. The average Bonchev–Trinajstić information content (AvgIpc) is 3.45. The number of aliphatic carboxylic acids is 1. The van der Waals surface area contributed by atoms with E-state index in [2.05, 4.69) is 10.6 Å². The Morgan fingerprint density at radius 2 is 1.61 bits per heavy atom. The van der Waals surface area contributed by atoms with E-state index >= 15 is 0 Å². The molecular weight excluding hydrogens is 519 g/mol. The van der Waals surface area contributed by atoms with Crippen LogP contribution in [0.5, 0.6) is 0 Å². The number of piperidine rings is 1. The first kappa shape index (κ1) is 26.9. The predicted octanol–water partition coefficient (Wildman–Crippen LogP) is 5.89. The predicted molar refractivity (Wildman–Crippen MR) is 151 cm³/mol. The largest absolute Gasteiger partial charge is 0.481 e. The van der Waals surface area contributed by atoms with E-state index in [1.165, 1.54) is 0 Å². The Morgan fingerprint density at radius 3 is 2.24 bits per heavy atom. The summed E-state index contributed by atoms with van der Waals surface area (Å²) < 4.78 is 0. The first-order valence-corrected chi connectivity index (χ1v) is 13.9. The molecule has 3 N–H and O–H groups in total. The van der Waals surface area contributed by atoms with Crippen LogP contribution in [0.2, 0.25) is 10.0 Å². The Kier molecular flexibility index (Phi) is 7.92. The Balaban J connectivity index is 1.55. The highest BCUT2D eigenvalue weighted by Crippen LogP contribution is 2.45. The molecule has 5 nitrogen and oxygen atoms in total. The maximum Gasteiger partial charge on any atom is 0.314 e. The van der Waals surface area contributed by atoms with Gasteiger partial charge in [0.25, 0.3) is 0 Å². The topological polar surface area (TPSA) is 78.4 Å². The number of nitrogens with one attached hydrogen (secondary N) is 2. The molecule has 0 spiro atoms. The smallest absolute Gasteiger partial charge is 0.314 e. The van der Waals surface area contributed by atoms with Gasteiger partial charge in [-0.3, -0.25) is 9.59 Å². The van der Waals surface area contributed by atoms with Gasteiger partial charge in [0.1, 0.15) is 0 Å². The lowest BCUT2D eigenvalue weighted by molar-refractivity contribution is -0.145. The summed E-state index contributed by atoms with van der Waals surface area (Å²) in [5.41, 5.74) is 0.953. The van der Waals surface area contributed by atoms with Gasteiger partial charge in [-0.25, -0.2) is 0 Å². The van der Waals surface area contributed by atoms with Crippen molar-refractivity contribution >= 4 is 35.0 Å². The monoisotopic (exact) mass is 550 g/mol. The lowest BCUT2D eigenvalue weighted by atomic mass is 9.63. The third-order valence-corrected chi connectivity index (χ3v) is 9.30. The summed E-state index contributed by atoms with van der Waals surface area (Å²) in [7, 11) is 0. The quantitative estimate of drug-likeness (QED) is 0.305. The minimum atomic E-state index is -0.998. The highest BCUT2D eigenvalue weighted by molar-refractivity contribution is 6.42. The Bertz CT molecular complexity index is 1290. The van der Waals surface area contributed by atoms with E-state index in [-0.39, 0.29) is 11.8 Å². The van der Waals surface area contributed by atoms with E-state index in [9.17, 15) is 14.7 Å². The summed E-state index contributed by atoms with van der Waals surface area (Å²) in [6, 6.07) is 24.4. The molecule has 4 atom stereocenters. The van der Waals surface area contributed by atoms with Gasteiger partial charge >= 0.3 is 5.97 Å². The van der Waals surface area contributed by atoms with Crippen molar-refractivity contribution in [2.45, 2.75) is 42.6 Å². The lowest BCUT2D eigenvalue weighted by Gasteiger charge is -2.43. The van der Waals surface area contributed by atoms with Gasteiger partial charge in [-0.05, 0) is 62.0 Å². The maximum atomic E-state index is 14.3. The van der Waals surface area contributed by atoms with Gasteiger partial charge in [0.15, 0.2) is 5.78 Å². The van der Waals surface area contributed by atoms with Crippen LogP contribution < -0.4 is 10.6 Å². The third-order valence-electron chi connectivity index (χ3n) is 8.56. The molecule has 0 amide bonds. The number of carboxylic acids is 1. The van der Waals surface area contributed by atoms with Crippen molar-refractivity contribution in [3.8, 4) is 0 Å². The number of ketones is 1. The Hall–Kier alpha value is -2.70. The molecule has 0 radical (unpaired) electrons. The molecule has 2 saturated heterocycles. The van der Waals surface area contributed by atoms with Crippen LogP contribution in [0, 0.1) is 5.92 Å². The average molecular weight is 552 g/mol. The van der Waals surface area contributed by atoms with Crippen LogP contribution in [-0.2, 0) is 15.6 Å². The number of benzene rings is 3. The van der Waals surface area contributed by atoms with Crippen LogP contribution in [0.25, 0.3) is 0 Å². The van der Waals surface area contributed by atoms with Crippen LogP contribution >= 0.6 is 23.2 Å². The maximum absolute atomic E-state index is 14.3. The van der Waals surface area contributed by atoms with Crippen LogP contribution in [-0.4, -0.2) is 42.5 Å². The Morgan fingerprint density at radius 1 is 0.895 bits per heavy atom. The van der Waals surface area contributed by atoms with Gasteiger partial charge in [0, 0.05) is 29.5 Å². The van der Waals surface area contributed by atoms with Gasteiger partial charge in [-0.1, -0.05) is 89.9 Å². The number of carbonyl (C=O) groups is 2. The summed E-state index contributed by atoms with van der Waals surface area (Å²) in [6.07, 6.45) is 2.19. The number of rotatable bonds is 8. The number of Topliss-reactive ketones (excluding diaryl/α,β-unsaturated/α-hetero) is 1. The normalized spacial score (nSPS) is 26.1. The van der Waals surface area contributed by atoms with Crippen molar-refractivity contribution in [2.75, 3.05) is 19.6 Å². The molecule has 5 rings (SSSR count). The van der Waals surface area contributed by atoms with Gasteiger partial charge < -0.3 is 15.7 Å². The van der Waals surface area contributed by atoms with E-state index in [1.807, 2.05) is 72.8 Å². The number of halogens is 2. The van der Waals surface area contributed by atoms with E-state index in [0.29, 0.717) is 48.0 Å². The van der Waals surface area contributed by atoms with E-state index in [4.69, 9.17) is 23.2 Å². The van der Waals surface area contributed by atoms with Crippen molar-refractivity contribution in [3.63, 3.8) is 0 Å². The van der Waals surface area contributed by atoms with Gasteiger partial charge in [-0.15, -0.1) is 0 Å². The molecule has 4 unspecified atom stereocenters. The molecule has 3 aromatic rings. The molecular formula is C31H32Cl2N2O3. The first-order chi connectivity index (χ1) is 18.4. The molecule has 2 heterocycles. The van der Waals surface area contributed by atoms with E-state index in [1.54, 1.807) is 6.07 Å². The summed E-state index contributed by atoms with van der Waals surface area (Å²) in [6.45, 7) is 1.97. The van der Waals surface area contributed by atoms with Crippen LogP contribution in [0.4, 0.5) is 0 Å². The van der Waals surface area contributed by atoms with Crippen molar-refractivity contribution in [2.24, 2.45) is 5.92 Å². The highest BCUT2D eigenvalue weighted by Gasteiger charge is 2.50. The van der Waals surface area contributed by atoms with Crippen LogP contribution in [0.15, 0.2) is 78.9 Å². The molecule has 0 aromatic heterocycles. The fourth-order valence-electron chi connectivity index (χ4n) is 6.52. The molecule has 38 heavy (non-hydrogen) atoms. The minimum absolute atomic E-state index is 0.0633. The Labute approximate surface area is 233 Å². The molecule has 2 aliphatic rings. The molecule has 0 aliphatic carbocycles. The second-order valence-corrected chi connectivity index (χ2v) is 11.4. The standard InChI is InChI=1S/C31H32Cl2N2O3/c32-26-12-11-23(17-27(26)33)31(13-15-34-20-31)25(28(36)21-7-3-1-4-8-21)18-24-19-30(29(37)38,14-16-35-24)22-9-5-2-6-10-22/h1-12,17,24-25,34-35H,13-16,18-20H2,(H,37,38). The molecule has 0 bridgehead atoms. The fourth-order valence-corrected chi connectivity index (χ4v) is 6.82. The van der Waals surface area contributed by atoms with Crippen molar-refractivity contribution in [1.29, 1.82) is 0 Å². The van der Waals surface area contributed by atoms with Crippen molar-refractivity contribution in [3.05, 3.63) is 106 Å². The minimum Gasteiger partial charge on any atom is -0.481 e. The number of carbonyl (C=O) groups excluding carboxylic acids is 1. The van der Waals surface area contributed by atoms with Gasteiger partial charge in [-0.2, -0.15) is 0 Å². The zero-order chi connectivity index (χ0) is 26.8. The summed E-state index contributed by atoms with van der Waals surface area (Å²) in [5.74, 6) is -1.15. The molecule has 2 fully saturated rings.